The smallest absolute Gasteiger partial charge is 0.358 e. The SMILES string of the molecule is CCOC(=O)c1nc(N)sc1-c1cn2cc(C)ccc2n1. The van der Waals surface area contributed by atoms with Crippen molar-refractivity contribution >= 4 is 28.1 Å². The Morgan fingerprint density at radius 2 is 2.19 bits per heavy atom. The first-order valence-electron chi connectivity index (χ1n) is 6.47. The molecule has 108 valence electrons. The number of nitrogen functional groups attached to an aromatic ring is 1. The zero-order valence-electron chi connectivity index (χ0n) is 11.7. The second kappa shape index (κ2) is 5.17. The van der Waals surface area contributed by atoms with Gasteiger partial charge in [0.1, 0.15) is 11.3 Å². The van der Waals surface area contributed by atoms with Crippen LogP contribution in [0.25, 0.3) is 16.2 Å². The first-order chi connectivity index (χ1) is 10.1. The standard InChI is InChI=1S/C14H14N4O2S/c1-3-20-13(19)11-12(21-14(15)17-11)9-7-18-6-8(2)4-5-10(18)16-9/h4-7H,3H2,1-2H3,(H2,15,17). The molecule has 6 nitrogen and oxygen atoms in total. The van der Waals surface area contributed by atoms with Crippen LogP contribution in [0.15, 0.2) is 24.5 Å². The molecular formula is C14H14N4O2S. The van der Waals surface area contributed by atoms with Gasteiger partial charge in [0.25, 0.3) is 0 Å². The van der Waals surface area contributed by atoms with Crippen LogP contribution in [0.5, 0.6) is 0 Å². The van der Waals surface area contributed by atoms with Crippen molar-refractivity contribution in [2.75, 3.05) is 12.3 Å². The fourth-order valence-electron chi connectivity index (χ4n) is 2.06. The zero-order chi connectivity index (χ0) is 15.0. The number of nitrogens with two attached hydrogens (primary N) is 1. The monoisotopic (exact) mass is 302 g/mol. The average Bonchev–Trinajstić information content (AvgIpc) is 3.01. The van der Waals surface area contributed by atoms with Crippen LogP contribution in [0.2, 0.25) is 0 Å². The zero-order valence-corrected chi connectivity index (χ0v) is 12.5. The van der Waals surface area contributed by atoms with Gasteiger partial charge in [-0.15, -0.1) is 0 Å². The van der Waals surface area contributed by atoms with Crippen LogP contribution in [0.4, 0.5) is 5.13 Å². The third-order valence-electron chi connectivity index (χ3n) is 2.94. The maximum absolute atomic E-state index is 12.0. The number of aromatic nitrogens is 3. The molecule has 0 aliphatic carbocycles. The predicted octanol–water partition coefficient (Wildman–Crippen LogP) is 2.53. The number of anilines is 1. The summed E-state index contributed by atoms with van der Waals surface area (Å²) in [6.07, 6.45) is 3.83. The molecule has 7 heteroatoms. The van der Waals surface area contributed by atoms with Gasteiger partial charge in [-0.1, -0.05) is 17.4 Å². The number of nitrogens with zero attached hydrogens (tertiary/aromatic N) is 3. The number of carbonyl (C=O) groups excluding carboxylic acids is 1. The number of aryl methyl sites for hydroxylation is 1. The Morgan fingerprint density at radius 3 is 2.95 bits per heavy atom. The number of rotatable bonds is 3. The Morgan fingerprint density at radius 1 is 1.38 bits per heavy atom. The highest BCUT2D eigenvalue weighted by molar-refractivity contribution is 7.19. The number of fused-ring (bicyclic) bond motifs is 1. The van der Waals surface area contributed by atoms with E-state index in [9.17, 15) is 4.79 Å². The van der Waals surface area contributed by atoms with Crippen LogP contribution in [0, 0.1) is 6.92 Å². The lowest BCUT2D eigenvalue weighted by molar-refractivity contribution is 0.0521. The number of thiazole rings is 1. The number of ether oxygens (including phenoxy) is 1. The molecule has 0 saturated carbocycles. The molecule has 3 aromatic heterocycles. The fraction of sp³-hybridized carbons (Fsp3) is 0.214. The lowest BCUT2D eigenvalue weighted by atomic mass is 10.3. The summed E-state index contributed by atoms with van der Waals surface area (Å²) < 4.78 is 6.92. The number of pyridine rings is 1. The highest BCUT2D eigenvalue weighted by Crippen LogP contribution is 2.31. The van der Waals surface area contributed by atoms with Crippen molar-refractivity contribution in [2.24, 2.45) is 0 Å². The van der Waals surface area contributed by atoms with E-state index in [4.69, 9.17) is 10.5 Å². The van der Waals surface area contributed by atoms with Crippen molar-refractivity contribution < 1.29 is 9.53 Å². The van der Waals surface area contributed by atoms with E-state index >= 15 is 0 Å². The van der Waals surface area contributed by atoms with Crippen molar-refractivity contribution in [1.29, 1.82) is 0 Å². The molecule has 0 spiro atoms. The Kier molecular flexibility index (Phi) is 3.34. The third-order valence-corrected chi connectivity index (χ3v) is 3.85. The van der Waals surface area contributed by atoms with Gasteiger partial charge in [-0.25, -0.2) is 14.8 Å². The van der Waals surface area contributed by atoms with E-state index < -0.39 is 5.97 Å². The number of esters is 1. The van der Waals surface area contributed by atoms with Crippen LogP contribution in [-0.4, -0.2) is 26.9 Å². The molecular weight excluding hydrogens is 288 g/mol. The molecule has 0 fully saturated rings. The molecule has 21 heavy (non-hydrogen) atoms. The predicted molar refractivity (Wildman–Crippen MR) is 81.4 cm³/mol. The summed E-state index contributed by atoms with van der Waals surface area (Å²) in [7, 11) is 0. The van der Waals surface area contributed by atoms with Gasteiger partial charge in [0.15, 0.2) is 10.8 Å². The van der Waals surface area contributed by atoms with Gasteiger partial charge >= 0.3 is 5.97 Å². The normalized spacial score (nSPS) is 11.0. The lowest BCUT2D eigenvalue weighted by Gasteiger charge is -1.99. The van der Waals surface area contributed by atoms with Crippen molar-refractivity contribution in [1.82, 2.24) is 14.4 Å². The molecule has 0 unspecified atom stereocenters. The summed E-state index contributed by atoms with van der Waals surface area (Å²) in [6, 6.07) is 3.91. The molecule has 0 saturated heterocycles. The Balaban J connectivity index is 2.11. The summed E-state index contributed by atoms with van der Waals surface area (Å²) in [4.78, 5) is 21.2. The van der Waals surface area contributed by atoms with Crippen LogP contribution in [0.1, 0.15) is 23.0 Å². The summed E-state index contributed by atoms with van der Waals surface area (Å²) >= 11 is 1.23. The number of imidazole rings is 1. The molecule has 0 atom stereocenters. The molecule has 3 rings (SSSR count). The van der Waals surface area contributed by atoms with Gasteiger partial charge in [-0.05, 0) is 25.5 Å². The van der Waals surface area contributed by atoms with E-state index in [1.807, 2.05) is 35.9 Å². The summed E-state index contributed by atoms with van der Waals surface area (Å²) in [5.74, 6) is -0.478. The average molecular weight is 302 g/mol. The molecule has 0 aliphatic heterocycles. The van der Waals surface area contributed by atoms with Crippen LogP contribution in [-0.2, 0) is 4.74 Å². The van der Waals surface area contributed by atoms with Crippen LogP contribution in [0.3, 0.4) is 0 Å². The van der Waals surface area contributed by atoms with E-state index in [1.54, 1.807) is 6.92 Å². The molecule has 0 aromatic carbocycles. The van der Waals surface area contributed by atoms with Gasteiger partial charge in [0.05, 0.1) is 11.5 Å². The Hall–Kier alpha value is -2.41. The summed E-state index contributed by atoms with van der Waals surface area (Å²) in [6.45, 7) is 4.05. The van der Waals surface area contributed by atoms with E-state index in [0.29, 0.717) is 22.3 Å². The molecule has 2 N–H and O–H groups in total. The van der Waals surface area contributed by atoms with Crippen LogP contribution < -0.4 is 5.73 Å². The third kappa shape index (κ3) is 2.47. The van der Waals surface area contributed by atoms with Gasteiger partial charge in [0.2, 0.25) is 0 Å². The molecule has 3 heterocycles. The van der Waals surface area contributed by atoms with Gasteiger partial charge in [-0.2, -0.15) is 0 Å². The van der Waals surface area contributed by atoms with E-state index in [1.165, 1.54) is 11.3 Å². The first-order valence-corrected chi connectivity index (χ1v) is 7.29. The van der Waals surface area contributed by atoms with Crippen molar-refractivity contribution in [3.8, 4) is 10.6 Å². The number of carbonyl (C=O) groups is 1. The molecule has 0 aliphatic rings. The Labute approximate surface area is 125 Å². The fourth-order valence-corrected chi connectivity index (χ4v) is 2.84. The number of hydrogen-bond acceptors (Lipinski definition) is 6. The van der Waals surface area contributed by atoms with Gasteiger partial charge < -0.3 is 14.9 Å². The van der Waals surface area contributed by atoms with E-state index in [-0.39, 0.29) is 5.69 Å². The Bertz CT molecular complexity index is 822. The summed E-state index contributed by atoms with van der Waals surface area (Å²) in [5.41, 5.74) is 8.55. The quantitative estimate of drug-likeness (QED) is 0.752. The first kappa shape index (κ1) is 13.6. The molecule has 3 aromatic rings. The van der Waals surface area contributed by atoms with Crippen molar-refractivity contribution in [3.05, 3.63) is 35.8 Å². The molecule has 0 bridgehead atoms. The van der Waals surface area contributed by atoms with E-state index in [2.05, 4.69) is 9.97 Å². The van der Waals surface area contributed by atoms with Gasteiger partial charge in [0, 0.05) is 12.4 Å². The highest BCUT2D eigenvalue weighted by Gasteiger charge is 2.21. The second-order valence-electron chi connectivity index (χ2n) is 4.55. The van der Waals surface area contributed by atoms with E-state index in [0.717, 1.165) is 11.2 Å². The molecule has 0 amide bonds. The largest absolute Gasteiger partial charge is 0.461 e. The minimum Gasteiger partial charge on any atom is -0.461 e. The minimum absolute atomic E-state index is 0.222. The number of hydrogen-bond donors (Lipinski definition) is 1. The van der Waals surface area contributed by atoms with Crippen molar-refractivity contribution in [2.45, 2.75) is 13.8 Å². The summed E-state index contributed by atoms with van der Waals surface area (Å²) in [5, 5.41) is 0.321. The van der Waals surface area contributed by atoms with Gasteiger partial charge in [-0.3, -0.25) is 0 Å². The lowest BCUT2D eigenvalue weighted by Crippen LogP contribution is -2.06. The van der Waals surface area contributed by atoms with Crippen LogP contribution >= 0.6 is 11.3 Å². The minimum atomic E-state index is -0.478. The second-order valence-corrected chi connectivity index (χ2v) is 5.58. The highest BCUT2D eigenvalue weighted by atomic mass is 32.1. The topological polar surface area (TPSA) is 82.5 Å². The maximum atomic E-state index is 12.0. The maximum Gasteiger partial charge on any atom is 0.358 e. The molecule has 0 radical (unpaired) electrons. The van der Waals surface area contributed by atoms with Crippen molar-refractivity contribution in [3.63, 3.8) is 0 Å².